The van der Waals surface area contributed by atoms with Crippen LogP contribution in [0.25, 0.3) is 16.6 Å². The van der Waals surface area contributed by atoms with E-state index in [1.54, 1.807) is 32.5 Å². The van der Waals surface area contributed by atoms with E-state index < -0.39 is 268 Å². The van der Waals surface area contributed by atoms with E-state index in [4.69, 9.17) is 355 Å². The number of aromatic nitrogens is 3. The zero-order valence-electron chi connectivity index (χ0n) is 75.4. The topological polar surface area (TPSA) is 64.5 Å². The number of fused-ring (bicyclic) bond motifs is 6. The number of hydrogen-bond donors (Lipinski definition) is 1. The second kappa shape index (κ2) is 54.1. The van der Waals surface area contributed by atoms with Gasteiger partial charge in [-0.05, 0) is 101 Å². The van der Waals surface area contributed by atoms with Gasteiger partial charge in [-0.25, -0.2) is 9.07 Å². The molecule has 0 saturated heterocycles. The van der Waals surface area contributed by atoms with Gasteiger partial charge in [0.1, 0.15) is 18.2 Å². The average Bonchev–Trinajstić information content (AvgIpc) is 1.23. The third-order valence-corrected chi connectivity index (χ3v) is 27.7. The lowest BCUT2D eigenvalue weighted by Crippen LogP contribution is -3.00. The molecule has 132 heavy (non-hydrogen) atoms. The first-order chi connectivity index (χ1) is 61.7. The summed E-state index contributed by atoms with van der Waals surface area (Å²) < 4.78 is 33.7. The Morgan fingerprint density at radius 1 is 0.386 bits per heavy atom. The minimum Gasteiger partial charge on any atom is -0.497 e. The summed E-state index contributed by atoms with van der Waals surface area (Å²) in [6.45, 7) is 1.29. The summed E-state index contributed by atoms with van der Waals surface area (Å²) in [6.07, 6.45) is -67.9. The van der Waals surface area contributed by atoms with E-state index >= 15 is 0 Å². The maximum Gasteiger partial charge on any atom is 0.161 e. The molecule has 487 valence electrons. The summed E-state index contributed by atoms with van der Waals surface area (Å²) in [5.41, 5.74) is 9.14. The number of benzene rings is 4. The third kappa shape index (κ3) is 28.7. The van der Waals surface area contributed by atoms with Crippen molar-refractivity contribution in [2.75, 3.05) is 20.8 Å². The van der Waals surface area contributed by atoms with Gasteiger partial charge < -0.3 is 19.2 Å². The van der Waals surface area contributed by atoms with Crippen LogP contribution in [-0.2, 0) is 19.4 Å². The van der Waals surface area contributed by atoms with E-state index in [-0.39, 0.29) is 17.9 Å². The predicted octanol–water partition coefficient (Wildman–Crippen LogP) is -25.8. The van der Waals surface area contributed by atoms with Crippen LogP contribution in [-0.4, -0.2) is 656 Å². The summed E-state index contributed by atoms with van der Waals surface area (Å²) in [5.74, 6) is 2.05. The lowest BCUT2D eigenvalue weighted by atomic mass is 8.19. The predicted molar refractivity (Wildman–Crippen MR) is 671 cm³/mol. The number of H-pyrrole nitrogens is 1. The van der Waals surface area contributed by atoms with Gasteiger partial charge >= 0.3 is 0 Å². The molecule has 2 aliphatic rings. The van der Waals surface area contributed by atoms with Gasteiger partial charge in [0.15, 0.2) is 11.5 Å². The Kier molecular flexibility index (Phi) is 49.0. The minimum atomic E-state index is -2.05. The van der Waals surface area contributed by atoms with Crippen molar-refractivity contribution >= 4 is 627 Å². The van der Waals surface area contributed by atoms with Gasteiger partial charge in [0, 0.05) is 657 Å². The third-order valence-electron chi connectivity index (χ3n) is 27.7. The number of aromatic amines is 1. The fourth-order valence-electron chi connectivity index (χ4n) is 22.6. The van der Waals surface area contributed by atoms with E-state index in [9.17, 15) is 4.39 Å². The average molecular weight is 1540 g/mol. The van der Waals surface area contributed by atoms with Crippen LogP contribution in [0.4, 0.5) is 4.39 Å². The zero-order valence-corrected chi connectivity index (χ0v) is 75.4. The first kappa shape index (κ1) is 120. The van der Waals surface area contributed by atoms with Gasteiger partial charge in [-0.3, -0.25) is 4.90 Å². The molecule has 95 heteroatoms. The van der Waals surface area contributed by atoms with Crippen LogP contribution >= 0.6 is 0 Å². The molecule has 6 aromatic rings. The Morgan fingerprint density at radius 2 is 0.720 bits per heavy atom. The van der Waals surface area contributed by atoms with Gasteiger partial charge in [-0.15, -0.1) is 0 Å². The molecule has 0 spiro atoms. The molecule has 8 rings (SSSR count). The normalized spacial score (nSPS) is 12.4. The molecule has 0 saturated carbocycles. The van der Waals surface area contributed by atoms with Crippen LogP contribution in [0.15, 0.2) is 97.3 Å². The first-order valence-electron chi connectivity index (χ1n) is 43.9. The van der Waals surface area contributed by atoms with Crippen molar-refractivity contribution < 1.29 is 18.6 Å². The molecule has 0 aliphatic carbocycles. The Labute approximate surface area is 868 Å². The number of nitrogens with one attached hydrogen (secondary N) is 1. The van der Waals surface area contributed by atoms with E-state index in [0.717, 1.165) is 71.4 Å². The molecular formula is C37H33B87FN4O3. The standard InChI is InChI=1S/C37H33FN4O3.B87/c1-43-28-12-13-32-30(19-28)31-20-33-29-21-34(44-2)35(45-22-23-4-10-27(11-5-23)42-16-3-15-39-42)18-25(29)14-17-41(33)37(36(31)40-32)24-6-8-26(38)9-7-24;1-45-67(44)78(66(42)43)84(79(68(46(2)3)47(4)5)69(48(6)7)49(8)9)87(85(80(70(50(10)11)51(12)13)71(52(14)15)53(16)17)81(72(54(18)19)55(20)21)73(56(22)23)57(24)25)86(82(74(58(26)27)59(28)29)75(60(30)31)61(32)33)83(76(62(34)35)63(36)37)77(64(38)39)65(40)41/h3-13,15-16,18-19,21,33,37,40H,14,17,20,22H2,1-2H3;. The van der Waals surface area contributed by atoms with E-state index in [2.05, 4.69) is 51.4 Å². The Hall–Kier alpha value is 0.569. The van der Waals surface area contributed by atoms with Crippen LogP contribution in [0.2, 0.25) is 0 Å². The summed E-state index contributed by atoms with van der Waals surface area (Å²) in [6, 6.07) is 27.6. The second-order valence-corrected chi connectivity index (χ2v) is 36.1. The fraction of sp³-hybridized carbons (Fsp3) is 0.216. The molecule has 2 aromatic heterocycles. The van der Waals surface area contributed by atoms with Crippen LogP contribution in [0, 0.1) is 5.82 Å². The lowest BCUT2D eigenvalue weighted by Gasteiger charge is -2.62. The molecule has 2 unspecified atom stereocenters. The molecule has 2 atom stereocenters. The molecule has 89 radical (unpaired) electrons. The van der Waals surface area contributed by atoms with Gasteiger partial charge in [-0.1, -0.05) is 24.3 Å². The van der Waals surface area contributed by atoms with Crippen molar-refractivity contribution in [1.29, 1.82) is 0 Å². The van der Waals surface area contributed by atoms with Gasteiger partial charge in [0.25, 0.3) is 0 Å². The highest BCUT2D eigenvalue weighted by molar-refractivity contribution is 8.42. The lowest BCUT2D eigenvalue weighted by molar-refractivity contribution is 0.127. The maximum atomic E-state index is 14.0. The Morgan fingerprint density at radius 3 is 1.02 bits per heavy atom. The SMILES string of the molecule is COc1ccc2[nH]c3c(c2c1)CC1c2cc(OC)c(OCc4ccc(-n5cccn5)cc4)cc2CCN1C3c1ccc(F)cc1.[B][B]B([B])B(B([B])[B])B(B(B(B([B])[B])B([B])[B])B(B([B])[B])B([B])[B])B(B(B(B(B([B])[B])B([B])[B])B(B([B])[B])B([B])[B])B(B(B([B])[B])B([B])[B])B(B([B])[B])B([B])[B])B(B(B(B([B])[B])B([B])[B])B(B([B])[B])B([B])[B])B(B(B([B])[B])B([B])[B])B(B([B])[B])B([B])[B]. The van der Waals surface area contributed by atoms with Gasteiger partial charge in [-0.2, -0.15) is 5.10 Å². The number of ether oxygens (including phenoxy) is 3. The number of rotatable bonds is 49. The van der Waals surface area contributed by atoms with Crippen molar-refractivity contribution in [1.82, 2.24) is 19.7 Å². The van der Waals surface area contributed by atoms with Gasteiger partial charge in [0.05, 0.1) is 25.9 Å². The summed E-state index contributed by atoms with van der Waals surface area (Å²) in [5, 5.41) is 5.46. The van der Waals surface area contributed by atoms with Gasteiger partial charge in [0.2, 0.25) is 0 Å². The minimum absolute atomic E-state index is 0.0440. The van der Waals surface area contributed by atoms with Crippen molar-refractivity contribution in [3.8, 4) is 22.9 Å². The molecule has 2 aliphatic heterocycles. The number of methoxy groups -OCH3 is 2. The number of halogens is 1. The zero-order chi connectivity index (χ0) is 99.4. The maximum absolute atomic E-state index is 14.0. The summed E-state index contributed by atoms with van der Waals surface area (Å²) >= 11 is 0. The van der Waals surface area contributed by atoms with E-state index in [0.29, 0.717) is 12.4 Å². The van der Waals surface area contributed by atoms with Crippen molar-refractivity contribution in [2.24, 2.45) is 0 Å². The molecule has 7 nitrogen and oxygen atoms in total. The molecular weight excluding hydrogens is 1510 g/mol. The molecule has 1 N–H and O–H groups in total. The quantitative estimate of drug-likeness (QED) is 0.0386. The molecule has 4 heterocycles. The number of hydrogen-bond acceptors (Lipinski definition) is 5. The van der Waals surface area contributed by atoms with E-state index in [1.165, 1.54) is 16.7 Å². The molecule has 0 fully saturated rings. The summed E-state index contributed by atoms with van der Waals surface area (Å²) in [4.78, 5) is 6.27. The molecule has 4 aromatic carbocycles. The van der Waals surface area contributed by atoms with Crippen molar-refractivity contribution in [3.63, 3.8) is 0 Å². The van der Waals surface area contributed by atoms with Crippen molar-refractivity contribution in [3.05, 3.63) is 137 Å². The monoisotopic (exact) mass is 1560 g/mol. The fourth-order valence-corrected chi connectivity index (χ4v) is 22.6. The summed E-state index contributed by atoms with van der Waals surface area (Å²) in [7, 11) is 311. The second-order valence-electron chi connectivity index (χ2n) is 36.1. The van der Waals surface area contributed by atoms with Crippen LogP contribution < -0.4 is 14.2 Å². The Balaban J connectivity index is 0.000000433. The Bertz CT molecular complexity index is 4020. The molecule has 0 amide bonds. The van der Waals surface area contributed by atoms with Crippen LogP contribution in [0.3, 0.4) is 0 Å². The van der Waals surface area contributed by atoms with Crippen LogP contribution in [0.1, 0.15) is 45.6 Å². The smallest absolute Gasteiger partial charge is 0.161 e. The number of nitrogens with zero attached hydrogens (tertiary/aromatic N) is 3. The highest BCUT2D eigenvalue weighted by atomic mass is 19.1. The largest absolute Gasteiger partial charge is 0.497 e. The highest BCUT2D eigenvalue weighted by Crippen LogP contribution is 2.50. The molecule has 0 bridgehead atoms. The van der Waals surface area contributed by atoms with Crippen molar-refractivity contribution in [2.45, 2.75) is 31.5 Å². The van der Waals surface area contributed by atoms with E-state index in [1.807, 2.05) is 47.3 Å². The van der Waals surface area contributed by atoms with Crippen LogP contribution in [0.5, 0.6) is 17.2 Å². The first-order valence-corrected chi connectivity index (χ1v) is 43.9. The highest BCUT2D eigenvalue weighted by Gasteiger charge is 2.67.